The molecule has 0 unspecified atom stereocenters. The van der Waals surface area contributed by atoms with E-state index in [1.165, 1.54) is 6.07 Å². The van der Waals surface area contributed by atoms with E-state index in [0.717, 1.165) is 30.5 Å². The van der Waals surface area contributed by atoms with Gasteiger partial charge in [0.1, 0.15) is 17.3 Å². The lowest BCUT2D eigenvalue weighted by molar-refractivity contribution is -0.137. The molecule has 0 aliphatic carbocycles. The Morgan fingerprint density at radius 2 is 1.69 bits per heavy atom. The van der Waals surface area contributed by atoms with Crippen LogP contribution in [0.15, 0.2) is 42.6 Å². The second kappa shape index (κ2) is 8.87. The standard InChI is InChI=1S/C18H10ClF6N3.ClH/c19-7-9-3-10(18(23,24)25)5-12(4-9)27-17-26-8-15(22)16(28-17)13-2-1-11(20)6-14(13)21;/h1-6,8H,7H2,(H,26,27,28);1H. The van der Waals surface area contributed by atoms with Crippen LogP contribution in [0.1, 0.15) is 11.1 Å². The zero-order valence-electron chi connectivity index (χ0n) is 14.2. The zero-order valence-corrected chi connectivity index (χ0v) is 15.8. The molecular formula is C18H11Cl2F6N3. The van der Waals surface area contributed by atoms with Crippen LogP contribution in [0.25, 0.3) is 11.3 Å². The Balaban J connectivity index is 0.00000300. The van der Waals surface area contributed by atoms with Crippen molar-refractivity contribution in [2.45, 2.75) is 12.1 Å². The van der Waals surface area contributed by atoms with Crippen molar-refractivity contribution in [2.24, 2.45) is 0 Å². The summed E-state index contributed by atoms with van der Waals surface area (Å²) in [6, 6.07) is 5.52. The third-order valence-electron chi connectivity index (χ3n) is 3.66. The minimum Gasteiger partial charge on any atom is -0.324 e. The van der Waals surface area contributed by atoms with Crippen molar-refractivity contribution >= 4 is 35.6 Å². The molecule has 3 nitrogen and oxygen atoms in total. The number of halogens is 8. The number of nitrogens with one attached hydrogen (secondary N) is 1. The number of alkyl halides is 4. The summed E-state index contributed by atoms with van der Waals surface area (Å²) < 4.78 is 80.1. The van der Waals surface area contributed by atoms with E-state index < -0.39 is 34.9 Å². The van der Waals surface area contributed by atoms with Gasteiger partial charge in [0.2, 0.25) is 5.95 Å². The van der Waals surface area contributed by atoms with E-state index in [1.54, 1.807) is 0 Å². The first-order valence-electron chi connectivity index (χ1n) is 7.69. The van der Waals surface area contributed by atoms with Gasteiger partial charge in [-0.2, -0.15) is 13.2 Å². The van der Waals surface area contributed by atoms with E-state index in [2.05, 4.69) is 15.3 Å². The Labute approximate surface area is 172 Å². The maximum Gasteiger partial charge on any atom is 0.416 e. The molecule has 0 saturated heterocycles. The van der Waals surface area contributed by atoms with Crippen molar-refractivity contribution in [2.75, 3.05) is 5.32 Å². The number of rotatable bonds is 4. The molecule has 0 saturated carbocycles. The first kappa shape index (κ1) is 22.8. The van der Waals surface area contributed by atoms with Gasteiger partial charge in [0.05, 0.1) is 11.8 Å². The van der Waals surface area contributed by atoms with Crippen LogP contribution in [0.2, 0.25) is 0 Å². The summed E-state index contributed by atoms with van der Waals surface area (Å²) in [7, 11) is 0. The van der Waals surface area contributed by atoms with Gasteiger partial charge in [-0.1, -0.05) is 0 Å². The number of hydrogen-bond acceptors (Lipinski definition) is 3. The highest BCUT2D eigenvalue weighted by Crippen LogP contribution is 2.33. The molecule has 0 radical (unpaired) electrons. The van der Waals surface area contributed by atoms with Crippen molar-refractivity contribution < 1.29 is 26.3 Å². The Bertz CT molecular complexity index is 1030. The second-order valence-electron chi connectivity index (χ2n) is 5.69. The third kappa shape index (κ3) is 5.30. The molecule has 0 aliphatic rings. The van der Waals surface area contributed by atoms with Crippen LogP contribution in [0, 0.1) is 17.5 Å². The molecule has 2 aromatic carbocycles. The lowest BCUT2D eigenvalue weighted by Gasteiger charge is -2.13. The summed E-state index contributed by atoms with van der Waals surface area (Å²) in [5.41, 5.74) is -1.59. The van der Waals surface area contributed by atoms with Gasteiger partial charge in [0.25, 0.3) is 0 Å². The average molecular weight is 454 g/mol. The van der Waals surface area contributed by atoms with E-state index in [4.69, 9.17) is 11.6 Å². The zero-order chi connectivity index (χ0) is 20.5. The minimum absolute atomic E-state index is 0. The predicted octanol–water partition coefficient (Wildman–Crippen LogP) is 6.48. The normalized spacial score (nSPS) is 11.1. The van der Waals surface area contributed by atoms with Crippen LogP contribution in [-0.4, -0.2) is 9.97 Å². The molecule has 0 bridgehead atoms. The van der Waals surface area contributed by atoms with Crippen molar-refractivity contribution in [3.05, 3.63) is 71.2 Å². The highest BCUT2D eigenvalue weighted by molar-refractivity contribution is 6.17. The van der Waals surface area contributed by atoms with Crippen molar-refractivity contribution in [3.8, 4) is 11.3 Å². The van der Waals surface area contributed by atoms with Gasteiger partial charge >= 0.3 is 6.18 Å². The highest BCUT2D eigenvalue weighted by Gasteiger charge is 2.31. The van der Waals surface area contributed by atoms with Crippen LogP contribution < -0.4 is 5.32 Å². The topological polar surface area (TPSA) is 37.8 Å². The van der Waals surface area contributed by atoms with Gasteiger partial charge in [-0.25, -0.2) is 23.1 Å². The summed E-state index contributed by atoms with van der Waals surface area (Å²) in [6.07, 6.45) is -3.88. The lowest BCUT2D eigenvalue weighted by Crippen LogP contribution is -2.07. The fraction of sp³-hybridized carbons (Fsp3) is 0.111. The summed E-state index contributed by atoms with van der Waals surface area (Å²) >= 11 is 5.63. The molecule has 29 heavy (non-hydrogen) atoms. The minimum atomic E-state index is -4.61. The molecule has 3 aromatic rings. The molecule has 154 valence electrons. The molecular weight excluding hydrogens is 443 g/mol. The fourth-order valence-electron chi connectivity index (χ4n) is 2.43. The van der Waals surface area contributed by atoms with Crippen LogP contribution in [0.5, 0.6) is 0 Å². The summed E-state index contributed by atoms with van der Waals surface area (Å²) in [5, 5.41) is 2.52. The molecule has 11 heteroatoms. The number of aromatic nitrogens is 2. The van der Waals surface area contributed by atoms with Crippen LogP contribution in [0.4, 0.5) is 38.0 Å². The Morgan fingerprint density at radius 3 is 2.31 bits per heavy atom. The van der Waals surface area contributed by atoms with Crippen LogP contribution >= 0.6 is 24.0 Å². The Morgan fingerprint density at radius 1 is 0.966 bits per heavy atom. The molecule has 0 fully saturated rings. The van der Waals surface area contributed by atoms with Gasteiger partial charge in [0.15, 0.2) is 5.82 Å². The van der Waals surface area contributed by atoms with Gasteiger partial charge in [-0.05, 0) is 35.9 Å². The molecule has 0 spiro atoms. The van der Waals surface area contributed by atoms with E-state index in [1.807, 2.05) is 0 Å². The molecule has 0 atom stereocenters. The fourth-order valence-corrected chi connectivity index (χ4v) is 2.59. The van der Waals surface area contributed by atoms with E-state index in [9.17, 15) is 26.3 Å². The molecule has 1 aromatic heterocycles. The number of nitrogens with zero attached hydrogens (tertiary/aromatic N) is 2. The van der Waals surface area contributed by atoms with E-state index in [-0.39, 0.29) is 41.0 Å². The van der Waals surface area contributed by atoms with Crippen LogP contribution in [0.3, 0.4) is 0 Å². The van der Waals surface area contributed by atoms with Gasteiger partial charge in [0, 0.05) is 23.2 Å². The lowest BCUT2D eigenvalue weighted by atomic mass is 10.1. The quantitative estimate of drug-likeness (QED) is 0.362. The number of anilines is 2. The average Bonchev–Trinajstić information content (AvgIpc) is 2.62. The number of benzene rings is 2. The smallest absolute Gasteiger partial charge is 0.324 e. The molecule has 3 rings (SSSR count). The maximum absolute atomic E-state index is 14.0. The van der Waals surface area contributed by atoms with Crippen molar-refractivity contribution in [1.82, 2.24) is 9.97 Å². The van der Waals surface area contributed by atoms with Crippen molar-refractivity contribution in [3.63, 3.8) is 0 Å². The Hall–Kier alpha value is -2.52. The molecule has 1 heterocycles. The van der Waals surface area contributed by atoms with Gasteiger partial charge < -0.3 is 5.32 Å². The van der Waals surface area contributed by atoms with Crippen molar-refractivity contribution in [1.29, 1.82) is 0 Å². The summed E-state index contributed by atoms with van der Waals surface area (Å²) in [6.45, 7) is 0. The first-order chi connectivity index (χ1) is 13.2. The Kier molecular flexibility index (Phi) is 6.97. The largest absolute Gasteiger partial charge is 0.416 e. The predicted molar refractivity (Wildman–Crippen MR) is 98.9 cm³/mol. The third-order valence-corrected chi connectivity index (χ3v) is 3.97. The summed E-state index contributed by atoms with van der Waals surface area (Å²) in [4.78, 5) is 7.45. The van der Waals surface area contributed by atoms with Gasteiger partial charge in [-0.3, -0.25) is 0 Å². The summed E-state index contributed by atoms with van der Waals surface area (Å²) in [5.74, 6) is -3.34. The first-order valence-corrected chi connectivity index (χ1v) is 8.23. The number of hydrogen-bond donors (Lipinski definition) is 1. The monoisotopic (exact) mass is 453 g/mol. The highest BCUT2D eigenvalue weighted by atomic mass is 35.5. The molecule has 0 amide bonds. The maximum atomic E-state index is 14.0. The van der Waals surface area contributed by atoms with Gasteiger partial charge in [-0.15, -0.1) is 24.0 Å². The molecule has 0 aliphatic heterocycles. The van der Waals surface area contributed by atoms with Crippen LogP contribution in [-0.2, 0) is 12.1 Å². The molecule has 1 N–H and O–H groups in total. The SMILES string of the molecule is Cl.Fc1ccc(-c2nc(Nc3cc(CCl)cc(C(F)(F)F)c3)ncc2F)c(F)c1. The van der Waals surface area contributed by atoms with E-state index >= 15 is 0 Å². The second-order valence-corrected chi connectivity index (χ2v) is 5.96. The van der Waals surface area contributed by atoms with E-state index in [0.29, 0.717) is 6.07 Å².